The Morgan fingerprint density at radius 2 is 1.25 bits per heavy atom. The maximum Gasteiger partial charge on any atom is 0.259 e. The number of hydrogen-bond acceptors (Lipinski definition) is 7. The van der Waals surface area contributed by atoms with Gasteiger partial charge in [0.2, 0.25) is 11.8 Å². The zero-order valence-corrected chi connectivity index (χ0v) is 32.1. The minimum Gasteiger partial charge on any atom is -0.456 e. The second-order valence-corrected chi connectivity index (χ2v) is 14.5. The molecule has 0 unspecified atom stereocenters. The molecule has 4 atom stereocenters. The maximum absolute atomic E-state index is 13.5. The summed E-state index contributed by atoms with van der Waals surface area (Å²) in [6.07, 6.45) is 1.77. The molecule has 1 fully saturated rings. The fourth-order valence-corrected chi connectivity index (χ4v) is 7.02. The Morgan fingerprint density at radius 3 is 1.77 bits per heavy atom. The first-order valence-electron chi connectivity index (χ1n) is 18.9. The summed E-state index contributed by atoms with van der Waals surface area (Å²) in [7, 11) is 0. The van der Waals surface area contributed by atoms with Crippen LogP contribution in [-0.4, -0.2) is 68.8 Å². The van der Waals surface area contributed by atoms with E-state index >= 15 is 0 Å². The highest BCUT2D eigenvalue weighted by Crippen LogP contribution is 2.32. The Hall–Kier alpha value is -6.04. The van der Waals surface area contributed by atoms with Crippen LogP contribution in [0.3, 0.4) is 0 Å². The van der Waals surface area contributed by atoms with Crippen LogP contribution >= 0.6 is 0 Å². The molecular weight excluding hydrogens is 709 g/mol. The second kappa shape index (κ2) is 16.8. The summed E-state index contributed by atoms with van der Waals surface area (Å²) >= 11 is 0. The van der Waals surface area contributed by atoms with Crippen molar-refractivity contribution in [2.75, 3.05) is 23.7 Å². The normalized spacial score (nSPS) is 16.6. The van der Waals surface area contributed by atoms with Gasteiger partial charge in [0.25, 0.3) is 11.8 Å². The zero-order valence-electron chi connectivity index (χ0n) is 32.1. The molecule has 11 nitrogen and oxygen atoms in total. The molecule has 1 aromatic heterocycles. The predicted molar refractivity (Wildman–Crippen MR) is 215 cm³/mol. The van der Waals surface area contributed by atoms with E-state index in [9.17, 15) is 29.4 Å². The van der Waals surface area contributed by atoms with Gasteiger partial charge in [-0.15, -0.1) is 0 Å². The molecule has 4 aromatic carbocycles. The number of carbonyl (C=O) groups is 4. The quantitative estimate of drug-likeness (QED) is 0.102. The monoisotopic (exact) mass is 756 g/mol. The summed E-state index contributed by atoms with van der Waals surface area (Å²) in [4.78, 5) is 56.5. The van der Waals surface area contributed by atoms with Crippen molar-refractivity contribution in [2.45, 2.75) is 70.2 Å². The number of rotatable bonds is 13. The number of furan rings is 1. The smallest absolute Gasteiger partial charge is 0.259 e. The van der Waals surface area contributed by atoms with Gasteiger partial charge in [-0.2, -0.15) is 0 Å². The van der Waals surface area contributed by atoms with Gasteiger partial charge in [-0.05, 0) is 112 Å². The van der Waals surface area contributed by atoms with E-state index in [-0.39, 0.29) is 11.8 Å². The van der Waals surface area contributed by atoms with E-state index < -0.39 is 35.1 Å². The number of aliphatic hydroxyl groups is 2. The van der Waals surface area contributed by atoms with Gasteiger partial charge < -0.3 is 35.1 Å². The molecule has 290 valence electrons. The SMILES string of the molecule is CCCN(C(=O)[C@@](C)(O)c1ccccc1)[C@@H](C)C(=O)Nc1ccc(-c2ccc(-c3ccc(NC(=O)[C@@H]4CCCN4C(=O)[C@@](C)(O)c4ccccc4)cc3)o2)cc1. The topological polar surface area (TPSA) is 152 Å². The molecule has 0 saturated carbocycles. The predicted octanol–water partition coefficient (Wildman–Crippen LogP) is 6.92. The lowest BCUT2D eigenvalue weighted by atomic mass is 9.93. The number of nitrogens with one attached hydrogen (secondary N) is 2. The van der Waals surface area contributed by atoms with Crippen LogP contribution in [0.25, 0.3) is 22.6 Å². The fourth-order valence-electron chi connectivity index (χ4n) is 7.02. The van der Waals surface area contributed by atoms with Gasteiger partial charge in [-0.3, -0.25) is 19.2 Å². The third-order valence-electron chi connectivity index (χ3n) is 10.4. The lowest BCUT2D eigenvalue weighted by Gasteiger charge is -2.34. The highest BCUT2D eigenvalue weighted by molar-refractivity contribution is 5.99. The molecule has 1 aliphatic rings. The van der Waals surface area contributed by atoms with Crippen LogP contribution in [0.4, 0.5) is 11.4 Å². The molecule has 0 spiro atoms. The molecule has 5 aromatic rings. The number of benzene rings is 4. The lowest BCUT2D eigenvalue weighted by molar-refractivity contribution is -0.155. The molecule has 2 heterocycles. The van der Waals surface area contributed by atoms with Crippen molar-refractivity contribution < 1.29 is 33.8 Å². The molecular formula is C45H48N4O7. The highest BCUT2D eigenvalue weighted by atomic mass is 16.3. The van der Waals surface area contributed by atoms with Crippen LogP contribution in [-0.2, 0) is 30.4 Å². The van der Waals surface area contributed by atoms with Crippen LogP contribution in [0.5, 0.6) is 0 Å². The Morgan fingerprint density at radius 1 is 0.750 bits per heavy atom. The minimum atomic E-state index is -1.79. The van der Waals surface area contributed by atoms with Crippen molar-refractivity contribution >= 4 is 35.0 Å². The Kier molecular flexibility index (Phi) is 11.9. The zero-order chi connectivity index (χ0) is 40.0. The number of carbonyl (C=O) groups excluding carboxylic acids is 4. The number of likely N-dealkylation sites (tertiary alicyclic amines) is 1. The average molecular weight is 757 g/mol. The third kappa shape index (κ3) is 8.44. The van der Waals surface area contributed by atoms with E-state index in [1.165, 1.54) is 23.6 Å². The Labute approximate surface area is 327 Å². The fraction of sp³-hybridized carbons (Fsp3) is 0.289. The number of hydrogen-bond donors (Lipinski definition) is 4. The first-order chi connectivity index (χ1) is 26.8. The van der Waals surface area contributed by atoms with Crippen molar-refractivity contribution in [1.82, 2.24) is 9.80 Å². The van der Waals surface area contributed by atoms with Gasteiger partial charge in [-0.1, -0.05) is 67.6 Å². The van der Waals surface area contributed by atoms with E-state index in [2.05, 4.69) is 10.6 Å². The summed E-state index contributed by atoms with van der Waals surface area (Å²) in [5.41, 5.74) is 0.0684. The maximum atomic E-state index is 13.5. The van der Waals surface area contributed by atoms with Crippen molar-refractivity contribution in [3.63, 3.8) is 0 Å². The van der Waals surface area contributed by atoms with Gasteiger partial charge in [-0.25, -0.2) is 0 Å². The van der Waals surface area contributed by atoms with Gasteiger partial charge >= 0.3 is 0 Å². The molecule has 4 N–H and O–H groups in total. The van der Waals surface area contributed by atoms with Crippen LogP contribution in [0.1, 0.15) is 58.1 Å². The first kappa shape index (κ1) is 39.6. The van der Waals surface area contributed by atoms with Crippen LogP contribution in [0.15, 0.2) is 126 Å². The highest BCUT2D eigenvalue weighted by Gasteiger charge is 2.43. The second-order valence-electron chi connectivity index (χ2n) is 14.5. The molecule has 11 heteroatoms. The van der Waals surface area contributed by atoms with Gasteiger partial charge in [0, 0.05) is 35.6 Å². The molecule has 0 aliphatic carbocycles. The number of anilines is 2. The summed E-state index contributed by atoms with van der Waals surface area (Å²) in [6, 6.07) is 34.0. The first-order valence-corrected chi connectivity index (χ1v) is 18.9. The van der Waals surface area contributed by atoms with Crippen molar-refractivity contribution in [1.29, 1.82) is 0 Å². The summed E-state index contributed by atoms with van der Waals surface area (Å²) in [5, 5.41) is 28.1. The summed E-state index contributed by atoms with van der Waals surface area (Å²) < 4.78 is 6.17. The Bertz CT molecular complexity index is 2150. The van der Waals surface area contributed by atoms with E-state index in [0.717, 1.165) is 11.1 Å². The van der Waals surface area contributed by atoms with Crippen LogP contribution in [0, 0.1) is 0 Å². The standard InChI is InChI=1S/C45H48N4O7/c1-5-28-48(42(52)44(3,54)33-13-8-6-9-14-33)30(2)40(50)46-35-22-18-31(19-23-35)38-26-27-39(56-38)32-20-24-36(25-21-32)47-41(51)37-17-12-29-49(37)43(53)45(4,55)34-15-10-7-11-16-34/h6-11,13-16,18-27,30,37,54-55H,5,12,17,28-29H2,1-4H3,(H,46,50)(H,47,51)/t30-,37-,44-,45-/m0/s1. The van der Waals surface area contributed by atoms with Crippen molar-refractivity contribution in [3.05, 3.63) is 132 Å². The number of amides is 4. The molecule has 1 saturated heterocycles. The Balaban J connectivity index is 1.06. The van der Waals surface area contributed by atoms with E-state index in [1.54, 1.807) is 79.7 Å². The summed E-state index contributed by atoms with van der Waals surface area (Å²) in [5.74, 6) is -0.512. The number of nitrogens with zero attached hydrogens (tertiary/aromatic N) is 2. The largest absolute Gasteiger partial charge is 0.456 e. The average Bonchev–Trinajstić information content (AvgIpc) is 3.92. The molecule has 1 aliphatic heterocycles. The molecule has 6 rings (SSSR count). The van der Waals surface area contributed by atoms with E-state index in [1.807, 2.05) is 55.5 Å². The van der Waals surface area contributed by atoms with Crippen LogP contribution < -0.4 is 10.6 Å². The lowest BCUT2D eigenvalue weighted by Crippen LogP contribution is -2.52. The van der Waals surface area contributed by atoms with Crippen LogP contribution in [0.2, 0.25) is 0 Å². The van der Waals surface area contributed by atoms with Gasteiger partial charge in [0.05, 0.1) is 0 Å². The van der Waals surface area contributed by atoms with E-state index in [4.69, 9.17) is 4.42 Å². The minimum absolute atomic E-state index is 0.301. The molecule has 0 radical (unpaired) electrons. The van der Waals surface area contributed by atoms with Crippen molar-refractivity contribution in [2.24, 2.45) is 0 Å². The molecule has 56 heavy (non-hydrogen) atoms. The van der Waals surface area contributed by atoms with Gasteiger partial charge in [0.1, 0.15) is 23.6 Å². The van der Waals surface area contributed by atoms with Crippen molar-refractivity contribution in [3.8, 4) is 22.6 Å². The summed E-state index contributed by atoms with van der Waals surface area (Å²) in [6.45, 7) is 7.15. The molecule has 0 bridgehead atoms. The third-order valence-corrected chi connectivity index (χ3v) is 10.4. The van der Waals surface area contributed by atoms with Gasteiger partial charge in [0.15, 0.2) is 11.2 Å². The molecule has 4 amide bonds. The van der Waals surface area contributed by atoms with E-state index in [0.29, 0.717) is 66.4 Å².